The van der Waals surface area contributed by atoms with Gasteiger partial charge in [-0.3, -0.25) is 4.79 Å². The van der Waals surface area contributed by atoms with Crippen LogP contribution in [0.5, 0.6) is 0 Å². The van der Waals surface area contributed by atoms with Crippen molar-refractivity contribution in [3.05, 3.63) is 45.6 Å². The van der Waals surface area contributed by atoms with Gasteiger partial charge < -0.3 is 4.90 Å². The SMILES string of the molecule is Cc1cc(S(=O)(=O)N2CCN(C(=O)CN(C)S(=O)(=O)c3ccc(C#N)cc3)CC2)c(C)s1. The summed E-state index contributed by atoms with van der Waals surface area (Å²) in [7, 11) is -6.22. The maximum atomic E-state index is 12.9. The normalized spacial score (nSPS) is 15.7. The Morgan fingerprint density at radius 3 is 2.19 bits per heavy atom. The number of aryl methyl sites for hydroxylation is 2. The van der Waals surface area contributed by atoms with Crippen LogP contribution in [0.15, 0.2) is 40.1 Å². The van der Waals surface area contributed by atoms with Gasteiger partial charge in [0.2, 0.25) is 26.0 Å². The fraction of sp³-hybridized carbons (Fsp3) is 0.400. The highest BCUT2D eigenvalue weighted by atomic mass is 32.2. The smallest absolute Gasteiger partial charge is 0.244 e. The Balaban J connectivity index is 1.62. The molecule has 1 aliphatic heterocycles. The van der Waals surface area contributed by atoms with E-state index in [9.17, 15) is 21.6 Å². The van der Waals surface area contributed by atoms with Gasteiger partial charge in [-0.1, -0.05) is 0 Å². The molecule has 1 aromatic carbocycles. The van der Waals surface area contributed by atoms with Crippen LogP contribution in [0.25, 0.3) is 0 Å². The molecule has 1 amide bonds. The molecule has 9 nitrogen and oxygen atoms in total. The van der Waals surface area contributed by atoms with E-state index in [4.69, 9.17) is 5.26 Å². The molecule has 3 rings (SSSR count). The number of nitriles is 1. The molecular weight excluding hydrogens is 472 g/mol. The van der Waals surface area contributed by atoms with Crippen LogP contribution in [-0.2, 0) is 24.8 Å². The fourth-order valence-corrected chi connectivity index (χ4v) is 7.50. The maximum Gasteiger partial charge on any atom is 0.244 e. The van der Waals surface area contributed by atoms with E-state index in [1.165, 1.54) is 51.9 Å². The van der Waals surface area contributed by atoms with Crippen molar-refractivity contribution in [3.8, 4) is 6.07 Å². The van der Waals surface area contributed by atoms with Gasteiger partial charge in [-0.05, 0) is 44.2 Å². The lowest BCUT2D eigenvalue weighted by Crippen LogP contribution is -2.52. The third-order valence-corrected chi connectivity index (χ3v) is 10.2. The van der Waals surface area contributed by atoms with E-state index in [0.29, 0.717) is 10.5 Å². The molecule has 0 atom stereocenters. The first-order valence-electron chi connectivity index (χ1n) is 9.78. The molecule has 0 spiro atoms. The molecule has 1 aliphatic rings. The summed E-state index contributed by atoms with van der Waals surface area (Å²) in [5, 5.41) is 8.85. The van der Waals surface area contributed by atoms with Gasteiger partial charge >= 0.3 is 0 Å². The zero-order valence-electron chi connectivity index (χ0n) is 18.0. The highest BCUT2D eigenvalue weighted by molar-refractivity contribution is 7.89. The Hall–Kier alpha value is -2.30. The highest BCUT2D eigenvalue weighted by Crippen LogP contribution is 2.28. The number of hydrogen-bond donors (Lipinski definition) is 0. The summed E-state index contributed by atoms with van der Waals surface area (Å²) >= 11 is 1.43. The number of piperazine rings is 1. The number of carbonyl (C=O) groups is 1. The van der Waals surface area contributed by atoms with E-state index in [1.54, 1.807) is 13.0 Å². The minimum atomic E-state index is -3.90. The fourth-order valence-electron chi connectivity index (χ4n) is 3.44. The quantitative estimate of drug-likeness (QED) is 0.596. The Bertz CT molecular complexity index is 1250. The second kappa shape index (κ2) is 9.29. The molecule has 0 unspecified atom stereocenters. The lowest BCUT2D eigenvalue weighted by Gasteiger charge is -2.34. The number of likely N-dealkylation sites (N-methyl/N-ethyl adjacent to an activating group) is 1. The molecule has 2 heterocycles. The Labute approximate surface area is 192 Å². The van der Waals surface area contributed by atoms with Crippen LogP contribution in [-0.4, -0.2) is 76.0 Å². The summed E-state index contributed by atoms with van der Waals surface area (Å²) in [5.41, 5.74) is 0.336. The number of hydrogen-bond acceptors (Lipinski definition) is 7. The van der Waals surface area contributed by atoms with Gasteiger partial charge in [-0.25, -0.2) is 16.8 Å². The van der Waals surface area contributed by atoms with Gasteiger partial charge in [0, 0.05) is 43.0 Å². The summed E-state index contributed by atoms with van der Waals surface area (Å²) < 4.78 is 53.6. The summed E-state index contributed by atoms with van der Waals surface area (Å²) in [6, 6.07) is 9.04. The molecule has 2 aromatic rings. The molecule has 0 radical (unpaired) electrons. The number of benzene rings is 1. The van der Waals surface area contributed by atoms with Gasteiger partial charge in [0.1, 0.15) is 0 Å². The first-order valence-corrected chi connectivity index (χ1v) is 13.5. The van der Waals surface area contributed by atoms with Crippen molar-refractivity contribution < 1.29 is 21.6 Å². The van der Waals surface area contributed by atoms with E-state index >= 15 is 0 Å². The minimum absolute atomic E-state index is 0.0101. The van der Waals surface area contributed by atoms with Crippen LogP contribution in [0.4, 0.5) is 0 Å². The lowest BCUT2D eigenvalue weighted by atomic mass is 10.2. The first-order chi connectivity index (χ1) is 15.0. The Morgan fingerprint density at radius 2 is 1.69 bits per heavy atom. The van der Waals surface area contributed by atoms with Gasteiger partial charge in [-0.2, -0.15) is 13.9 Å². The third-order valence-electron chi connectivity index (χ3n) is 5.25. The second-order valence-corrected chi connectivity index (χ2v) is 12.9. The molecule has 1 fully saturated rings. The molecular formula is C20H24N4O5S3. The van der Waals surface area contributed by atoms with Crippen LogP contribution < -0.4 is 0 Å². The molecule has 0 aliphatic carbocycles. The number of carbonyl (C=O) groups excluding carboxylic acids is 1. The monoisotopic (exact) mass is 496 g/mol. The molecule has 12 heteroatoms. The van der Waals surface area contributed by atoms with Crippen LogP contribution in [0, 0.1) is 25.2 Å². The average Bonchev–Trinajstić information content (AvgIpc) is 3.12. The zero-order valence-corrected chi connectivity index (χ0v) is 20.4. The maximum absolute atomic E-state index is 12.9. The third kappa shape index (κ3) is 4.87. The molecule has 172 valence electrons. The van der Waals surface area contributed by atoms with Crippen LogP contribution in [0.1, 0.15) is 15.3 Å². The molecule has 0 bridgehead atoms. The van der Waals surface area contributed by atoms with E-state index in [0.717, 1.165) is 14.1 Å². The summed E-state index contributed by atoms with van der Waals surface area (Å²) in [5.74, 6) is -0.399. The molecule has 1 aromatic heterocycles. The van der Waals surface area contributed by atoms with Crippen LogP contribution in [0.3, 0.4) is 0 Å². The minimum Gasteiger partial charge on any atom is -0.339 e. The Morgan fingerprint density at radius 1 is 1.09 bits per heavy atom. The van der Waals surface area contributed by atoms with Gasteiger partial charge in [-0.15, -0.1) is 11.3 Å². The van der Waals surface area contributed by atoms with Crippen molar-refractivity contribution in [1.82, 2.24) is 13.5 Å². The van der Waals surface area contributed by atoms with Crippen molar-refractivity contribution in [2.75, 3.05) is 39.8 Å². The van der Waals surface area contributed by atoms with Crippen molar-refractivity contribution in [2.45, 2.75) is 23.6 Å². The zero-order chi connectivity index (χ0) is 23.7. The Kier molecular flexibility index (Phi) is 7.06. The van der Waals surface area contributed by atoms with E-state index < -0.39 is 26.0 Å². The topological polar surface area (TPSA) is 119 Å². The largest absolute Gasteiger partial charge is 0.339 e. The van der Waals surface area contributed by atoms with Crippen LogP contribution in [0.2, 0.25) is 0 Å². The van der Waals surface area contributed by atoms with Gasteiger partial charge in [0.15, 0.2) is 0 Å². The number of amides is 1. The number of sulfonamides is 2. The van der Waals surface area contributed by atoms with Crippen molar-refractivity contribution in [1.29, 1.82) is 5.26 Å². The van der Waals surface area contributed by atoms with Gasteiger partial charge in [0.05, 0.1) is 28.0 Å². The second-order valence-electron chi connectivity index (χ2n) is 7.46. The summed E-state index contributed by atoms with van der Waals surface area (Å²) in [4.78, 5) is 16.1. The van der Waals surface area contributed by atoms with Crippen molar-refractivity contribution in [3.63, 3.8) is 0 Å². The summed E-state index contributed by atoms with van der Waals surface area (Å²) in [6.45, 7) is 3.93. The molecule has 1 saturated heterocycles. The average molecular weight is 497 g/mol. The van der Waals surface area contributed by atoms with E-state index in [-0.39, 0.29) is 37.6 Å². The first kappa shape index (κ1) is 24.3. The molecule has 32 heavy (non-hydrogen) atoms. The standard InChI is InChI=1S/C20H24N4O5S3/c1-15-12-19(16(2)30-15)32(28,29)24-10-8-23(9-11-24)20(25)14-22(3)31(26,27)18-6-4-17(13-21)5-7-18/h4-7,12H,8-11,14H2,1-3H3. The van der Waals surface area contributed by atoms with Crippen molar-refractivity contribution >= 4 is 37.3 Å². The van der Waals surface area contributed by atoms with Crippen LogP contribution >= 0.6 is 11.3 Å². The van der Waals surface area contributed by atoms with Gasteiger partial charge in [0.25, 0.3) is 0 Å². The highest BCUT2D eigenvalue weighted by Gasteiger charge is 2.33. The predicted molar refractivity (Wildman–Crippen MR) is 120 cm³/mol. The number of thiophene rings is 1. The predicted octanol–water partition coefficient (Wildman–Crippen LogP) is 1.39. The van der Waals surface area contributed by atoms with E-state index in [1.807, 2.05) is 13.0 Å². The number of rotatable bonds is 6. The summed E-state index contributed by atoms with van der Waals surface area (Å²) in [6.07, 6.45) is 0. The van der Waals surface area contributed by atoms with Crippen molar-refractivity contribution in [2.24, 2.45) is 0 Å². The lowest BCUT2D eigenvalue weighted by molar-refractivity contribution is -0.132. The van der Waals surface area contributed by atoms with E-state index in [2.05, 4.69) is 0 Å². The number of nitrogens with zero attached hydrogens (tertiary/aromatic N) is 4. The molecule has 0 N–H and O–H groups in total. The molecule has 0 saturated carbocycles.